The van der Waals surface area contributed by atoms with Crippen LogP contribution in [0.25, 0.3) is 0 Å². The zero-order valence-electron chi connectivity index (χ0n) is 10.0. The molecule has 1 aromatic rings. The van der Waals surface area contributed by atoms with Gasteiger partial charge in [0.15, 0.2) is 0 Å². The zero-order chi connectivity index (χ0) is 11.8. The number of rotatable bonds is 2. The first-order valence-corrected chi connectivity index (χ1v) is 7.00. The first-order chi connectivity index (χ1) is 7.52. The molecular formula is C11H18ClN3S. The van der Waals surface area contributed by atoms with E-state index >= 15 is 0 Å². The third-order valence-corrected chi connectivity index (χ3v) is 4.00. The average Bonchev–Trinajstić information content (AvgIpc) is 2.84. The molecule has 1 aliphatic heterocycles. The van der Waals surface area contributed by atoms with Gasteiger partial charge in [0, 0.05) is 35.4 Å². The molecule has 1 saturated heterocycles. The van der Waals surface area contributed by atoms with E-state index in [1.165, 1.54) is 24.4 Å². The molecule has 1 unspecified atom stereocenters. The average molecular weight is 260 g/mol. The molecule has 1 fully saturated rings. The van der Waals surface area contributed by atoms with Crippen molar-refractivity contribution in [1.29, 1.82) is 0 Å². The largest absolute Gasteiger partial charge is 0.343 e. The molecule has 0 saturated carbocycles. The van der Waals surface area contributed by atoms with Crippen molar-refractivity contribution in [2.24, 2.45) is 0 Å². The smallest absolute Gasteiger partial charge is 0.205 e. The van der Waals surface area contributed by atoms with Crippen molar-refractivity contribution in [3.63, 3.8) is 0 Å². The highest BCUT2D eigenvalue weighted by molar-refractivity contribution is 7.09. The Morgan fingerprint density at radius 1 is 1.50 bits per heavy atom. The van der Waals surface area contributed by atoms with E-state index < -0.39 is 0 Å². The van der Waals surface area contributed by atoms with Crippen LogP contribution in [-0.4, -0.2) is 27.8 Å². The van der Waals surface area contributed by atoms with Gasteiger partial charge in [-0.05, 0) is 12.8 Å². The predicted octanol–water partition coefficient (Wildman–Crippen LogP) is 3.04. The summed E-state index contributed by atoms with van der Waals surface area (Å²) in [5.74, 6) is 1.62. The number of nitrogens with zero attached hydrogens (tertiary/aromatic N) is 3. The van der Waals surface area contributed by atoms with Crippen LogP contribution in [0.5, 0.6) is 0 Å². The fraction of sp³-hybridized carbons (Fsp3) is 0.818. The van der Waals surface area contributed by atoms with Gasteiger partial charge in [0.25, 0.3) is 0 Å². The second-order valence-corrected chi connectivity index (χ2v) is 6.33. The number of aromatic nitrogens is 2. The Kier molecular flexibility index (Phi) is 3.40. The molecule has 1 atom stereocenters. The van der Waals surface area contributed by atoms with Crippen molar-refractivity contribution in [2.75, 3.05) is 17.3 Å². The molecule has 5 heteroatoms. The lowest BCUT2D eigenvalue weighted by atomic mass is 9.96. The minimum Gasteiger partial charge on any atom is -0.343 e. The molecular weight excluding hydrogens is 242 g/mol. The molecule has 1 aromatic heterocycles. The third kappa shape index (κ3) is 2.33. The highest BCUT2D eigenvalue weighted by Gasteiger charge is 2.28. The van der Waals surface area contributed by atoms with Gasteiger partial charge in [0.1, 0.15) is 5.82 Å². The van der Waals surface area contributed by atoms with Gasteiger partial charge >= 0.3 is 0 Å². The van der Waals surface area contributed by atoms with E-state index in [1.807, 2.05) is 0 Å². The maximum Gasteiger partial charge on any atom is 0.205 e. The molecule has 90 valence electrons. The first kappa shape index (κ1) is 12.1. The van der Waals surface area contributed by atoms with E-state index in [0.717, 1.165) is 17.5 Å². The van der Waals surface area contributed by atoms with E-state index in [-0.39, 0.29) is 5.41 Å². The maximum atomic E-state index is 5.96. The fourth-order valence-electron chi connectivity index (χ4n) is 1.88. The second kappa shape index (κ2) is 4.49. The summed E-state index contributed by atoms with van der Waals surface area (Å²) in [6, 6.07) is 0.447. The van der Waals surface area contributed by atoms with Crippen molar-refractivity contribution in [1.82, 2.24) is 9.36 Å². The van der Waals surface area contributed by atoms with E-state index in [9.17, 15) is 0 Å². The van der Waals surface area contributed by atoms with Gasteiger partial charge in [-0.15, -0.1) is 11.6 Å². The molecule has 0 N–H and O–H groups in total. The van der Waals surface area contributed by atoms with Crippen molar-refractivity contribution < 1.29 is 0 Å². The van der Waals surface area contributed by atoms with Crippen LogP contribution in [0.3, 0.4) is 0 Å². The van der Waals surface area contributed by atoms with Gasteiger partial charge in [-0.1, -0.05) is 20.8 Å². The minimum absolute atomic E-state index is 0.0327. The van der Waals surface area contributed by atoms with Crippen LogP contribution in [-0.2, 0) is 5.41 Å². The van der Waals surface area contributed by atoms with Crippen LogP contribution in [0.1, 0.15) is 39.4 Å². The summed E-state index contributed by atoms with van der Waals surface area (Å²) in [6.45, 7) is 7.49. The molecule has 0 aromatic carbocycles. The van der Waals surface area contributed by atoms with E-state index in [1.54, 1.807) is 0 Å². The quantitative estimate of drug-likeness (QED) is 0.765. The molecule has 0 spiro atoms. The lowest BCUT2D eigenvalue weighted by Gasteiger charge is -2.21. The number of anilines is 1. The van der Waals surface area contributed by atoms with Gasteiger partial charge in [0.2, 0.25) is 5.13 Å². The summed E-state index contributed by atoms with van der Waals surface area (Å²) in [7, 11) is 0. The number of alkyl halides is 1. The number of hydrogen-bond acceptors (Lipinski definition) is 4. The lowest BCUT2D eigenvalue weighted by Crippen LogP contribution is -2.30. The van der Waals surface area contributed by atoms with Gasteiger partial charge in [-0.2, -0.15) is 4.37 Å². The molecule has 2 heterocycles. The van der Waals surface area contributed by atoms with Crippen molar-refractivity contribution in [3.8, 4) is 0 Å². The van der Waals surface area contributed by atoms with Crippen LogP contribution in [0.15, 0.2) is 0 Å². The Balaban J connectivity index is 2.18. The van der Waals surface area contributed by atoms with Gasteiger partial charge < -0.3 is 4.90 Å². The summed E-state index contributed by atoms with van der Waals surface area (Å²) < 4.78 is 4.45. The Morgan fingerprint density at radius 3 is 2.81 bits per heavy atom. The molecule has 16 heavy (non-hydrogen) atoms. The van der Waals surface area contributed by atoms with Crippen LogP contribution in [0.4, 0.5) is 5.13 Å². The standard InChI is InChI=1S/C11H18ClN3S/c1-11(2,3)9-13-10(16-14-9)15-6-4-5-8(15)7-12/h8H,4-7H2,1-3H3. The molecule has 1 aliphatic rings. The van der Waals surface area contributed by atoms with Gasteiger partial charge in [-0.25, -0.2) is 4.98 Å². The molecule has 2 rings (SSSR count). The SMILES string of the molecule is CC(C)(C)c1nsc(N2CCCC2CCl)n1. The van der Waals surface area contributed by atoms with Crippen LogP contribution < -0.4 is 4.90 Å². The summed E-state index contributed by atoms with van der Waals surface area (Å²) in [6.07, 6.45) is 2.38. The molecule has 3 nitrogen and oxygen atoms in total. The fourth-order valence-corrected chi connectivity index (χ4v) is 3.16. The lowest BCUT2D eigenvalue weighted by molar-refractivity contribution is 0.554. The molecule has 0 aliphatic carbocycles. The topological polar surface area (TPSA) is 29.0 Å². The highest BCUT2D eigenvalue weighted by atomic mass is 35.5. The predicted molar refractivity (Wildman–Crippen MR) is 69.7 cm³/mol. The normalized spacial score (nSPS) is 21.8. The van der Waals surface area contributed by atoms with E-state index in [0.29, 0.717) is 11.9 Å². The summed E-state index contributed by atoms with van der Waals surface area (Å²) in [5.41, 5.74) is 0.0327. The van der Waals surface area contributed by atoms with Crippen LogP contribution in [0, 0.1) is 0 Å². The van der Waals surface area contributed by atoms with E-state index in [2.05, 4.69) is 35.0 Å². The van der Waals surface area contributed by atoms with Crippen molar-refractivity contribution >= 4 is 28.3 Å². The number of halogens is 1. The van der Waals surface area contributed by atoms with Gasteiger partial charge in [0.05, 0.1) is 0 Å². The summed E-state index contributed by atoms with van der Waals surface area (Å²) in [5, 5.41) is 1.04. The monoisotopic (exact) mass is 259 g/mol. The Bertz CT molecular complexity index is 358. The van der Waals surface area contributed by atoms with E-state index in [4.69, 9.17) is 11.6 Å². The maximum absolute atomic E-state index is 5.96. The van der Waals surface area contributed by atoms with Crippen molar-refractivity contribution in [2.45, 2.75) is 45.1 Å². The van der Waals surface area contributed by atoms with Gasteiger partial charge in [-0.3, -0.25) is 0 Å². The van der Waals surface area contributed by atoms with Crippen molar-refractivity contribution in [3.05, 3.63) is 5.82 Å². The Labute approximate surface area is 106 Å². The number of hydrogen-bond donors (Lipinski definition) is 0. The second-order valence-electron chi connectivity index (χ2n) is 5.29. The van der Waals surface area contributed by atoms with Crippen LogP contribution >= 0.6 is 23.1 Å². The Hall–Kier alpha value is -0.350. The minimum atomic E-state index is 0.0327. The first-order valence-electron chi connectivity index (χ1n) is 5.69. The third-order valence-electron chi connectivity index (χ3n) is 2.89. The summed E-state index contributed by atoms with van der Waals surface area (Å²) >= 11 is 7.46. The van der Waals surface area contributed by atoms with Crippen LogP contribution in [0.2, 0.25) is 0 Å². The zero-order valence-corrected chi connectivity index (χ0v) is 11.6. The Morgan fingerprint density at radius 2 is 2.25 bits per heavy atom. The summed E-state index contributed by atoms with van der Waals surface area (Å²) in [4.78, 5) is 6.94. The molecule has 0 amide bonds. The molecule has 0 bridgehead atoms. The highest BCUT2D eigenvalue weighted by Crippen LogP contribution is 2.30. The molecule has 0 radical (unpaired) electrons.